The monoisotopic (exact) mass is 271 g/mol. The number of nitrogens with zero attached hydrogens (tertiary/aromatic N) is 2. The Morgan fingerprint density at radius 1 is 1.33 bits per heavy atom. The summed E-state index contributed by atoms with van der Waals surface area (Å²) in [6.07, 6.45) is 2.20. The van der Waals surface area contributed by atoms with E-state index < -0.39 is 0 Å². The standard InChI is InChI=1S/C12H21N3O2S/c1-2-11(16)15-8-18-7-10(15)12(17)14-5-3-9(13)4-6-14/h9-10H,2-8,13H2,1H3. The van der Waals surface area contributed by atoms with Gasteiger partial charge >= 0.3 is 0 Å². The first-order chi connectivity index (χ1) is 8.63. The minimum atomic E-state index is -0.253. The normalized spacial score (nSPS) is 25.6. The number of carbonyl (C=O) groups is 2. The molecule has 0 spiro atoms. The second kappa shape index (κ2) is 5.93. The third-order valence-electron chi connectivity index (χ3n) is 3.64. The van der Waals surface area contributed by atoms with Crippen LogP contribution in [0.5, 0.6) is 0 Å². The number of carbonyl (C=O) groups excluding carboxylic acids is 2. The van der Waals surface area contributed by atoms with Crippen LogP contribution in [0.15, 0.2) is 0 Å². The van der Waals surface area contributed by atoms with Gasteiger partial charge in [-0.3, -0.25) is 9.59 Å². The highest BCUT2D eigenvalue weighted by Crippen LogP contribution is 2.24. The van der Waals surface area contributed by atoms with Crippen LogP contribution in [0.2, 0.25) is 0 Å². The SMILES string of the molecule is CCC(=O)N1CSCC1C(=O)N1CCC(N)CC1. The predicted molar refractivity (Wildman–Crippen MR) is 72.0 cm³/mol. The maximum absolute atomic E-state index is 12.4. The molecular weight excluding hydrogens is 250 g/mol. The Morgan fingerprint density at radius 2 is 2.00 bits per heavy atom. The first-order valence-electron chi connectivity index (χ1n) is 6.55. The largest absolute Gasteiger partial charge is 0.341 e. The summed E-state index contributed by atoms with van der Waals surface area (Å²) >= 11 is 1.66. The van der Waals surface area contributed by atoms with Crippen LogP contribution in [0.3, 0.4) is 0 Å². The lowest BCUT2D eigenvalue weighted by Gasteiger charge is -2.34. The molecule has 2 amide bonds. The van der Waals surface area contributed by atoms with Crippen molar-refractivity contribution in [2.45, 2.75) is 38.3 Å². The summed E-state index contributed by atoms with van der Waals surface area (Å²) in [7, 11) is 0. The van der Waals surface area contributed by atoms with Crippen molar-refractivity contribution in [3.63, 3.8) is 0 Å². The maximum atomic E-state index is 12.4. The van der Waals surface area contributed by atoms with Crippen molar-refractivity contribution < 1.29 is 9.59 Å². The molecule has 0 saturated carbocycles. The zero-order valence-electron chi connectivity index (χ0n) is 10.8. The Balaban J connectivity index is 1.97. The summed E-state index contributed by atoms with van der Waals surface area (Å²) in [5, 5.41) is 0. The molecular formula is C12H21N3O2S. The average Bonchev–Trinajstić information content (AvgIpc) is 2.87. The van der Waals surface area contributed by atoms with Crippen LogP contribution >= 0.6 is 11.8 Å². The summed E-state index contributed by atoms with van der Waals surface area (Å²) in [5.41, 5.74) is 5.84. The summed E-state index contributed by atoms with van der Waals surface area (Å²) in [6.45, 7) is 3.30. The zero-order chi connectivity index (χ0) is 13.1. The maximum Gasteiger partial charge on any atom is 0.246 e. The van der Waals surface area contributed by atoms with Crippen molar-refractivity contribution in [3.8, 4) is 0 Å². The highest BCUT2D eigenvalue weighted by atomic mass is 32.2. The topological polar surface area (TPSA) is 66.6 Å². The lowest BCUT2D eigenvalue weighted by atomic mass is 10.1. The number of hydrogen-bond acceptors (Lipinski definition) is 4. The summed E-state index contributed by atoms with van der Waals surface area (Å²) in [5.74, 6) is 1.56. The Labute approximate surface area is 112 Å². The van der Waals surface area contributed by atoms with Crippen LogP contribution in [0.25, 0.3) is 0 Å². The molecule has 2 fully saturated rings. The van der Waals surface area contributed by atoms with E-state index in [2.05, 4.69) is 0 Å². The summed E-state index contributed by atoms with van der Waals surface area (Å²) in [4.78, 5) is 27.8. The summed E-state index contributed by atoms with van der Waals surface area (Å²) < 4.78 is 0. The quantitative estimate of drug-likeness (QED) is 0.782. The van der Waals surface area contributed by atoms with Crippen LogP contribution < -0.4 is 5.73 Å². The van der Waals surface area contributed by atoms with Gasteiger partial charge in [-0.15, -0.1) is 11.8 Å². The van der Waals surface area contributed by atoms with Gasteiger partial charge in [0, 0.05) is 31.3 Å². The minimum absolute atomic E-state index is 0.0760. The molecule has 0 aromatic heterocycles. The van der Waals surface area contributed by atoms with Crippen LogP contribution in [0, 0.1) is 0 Å². The van der Waals surface area contributed by atoms with Crippen LogP contribution in [0.4, 0.5) is 0 Å². The van der Waals surface area contributed by atoms with Crippen LogP contribution in [-0.4, -0.2) is 58.4 Å². The van der Waals surface area contributed by atoms with Gasteiger partial charge in [0.1, 0.15) is 6.04 Å². The van der Waals surface area contributed by atoms with Gasteiger partial charge in [0.15, 0.2) is 0 Å². The number of nitrogens with two attached hydrogens (primary N) is 1. The third kappa shape index (κ3) is 2.80. The van der Waals surface area contributed by atoms with E-state index in [9.17, 15) is 9.59 Å². The molecule has 0 aromatic rings. The van der Waals surface area contributed by atoms with Crippen molar-refractivity contribution in [1.29, 1.82) is 0 Å². The Kier molecular flexibility index (Phi) is 4.50. The molecule has 2 saturated heterocycles. The fourth-order valence-corrected chi connectivity index (χ4v) is 3.60. The lowest BCUT2D eigenvalue weighted by molar-refractivity contribution is -0.143. The van der Waals surface area contributed by atoms with Gasteiger partial charge in [0.05, 0.1) is 5.88 Å². The van der Waals surface area contributed by atoms with Crippen molar-refractivity contribution >= 4 is 23.6 Å². The van der Waals surface area contributed by atoms with E-state index in [-0.39, 0.29) is 23.9 Å². The predicted octanol–water partition coefficient (Wildman–Crippen LogP) is 0.248. The van der Waals surface area contributed by atoms with E-state index >= 15 is 0 Å². The van der Waals surface area contributed by atoms with Gasteiger partial charge < -0.3 is 15.5 Å². The number of amides is 2. The Bertz CT molecular complexity index is 329. The molecule has 1 atom stereocenters. The van der Waals surface area contributed by atoms with Gasteiger partial charge in [-0.2, -0.15) is 0 Å². The molecule has 2 rings (SSSR count). The molecule has 0 bridgehead atoms. The smallest absolute Gasteiger partial charge is 0.246 e. The molecule has 2 N–H and O–H groups in total. The molecule has 0 radical (unpaired) electrons. The van der Waals surface area contributed by atoms with Crippen molar-refractivity contribution in [3.05, 3.63) is 0 Å². The second-order valence-electron chi connectivity index (χ2n) is 4.90. The summed E-state index contributed by atoms with van der Waals surface area (Å²) in [6, 6.07) is -0.0304. The van der Waals surface area contributed by atoms with Gasteiger partial charge in [-0.1, -0.05) is 6.92 Å². The highest BCUT2D eigenvalue weighted by molar-refractivity contribution is 7.99. The van der Waals surface area contributed by atoms with E-state index in [1.165, 1.54) is 0 Å². The highest BCUT2D eigenvalue weighted by Gasteiger charge is 2.37. The molecule has 5 nitrogen and oxygen atoms in total. The van der Waals surface area contributed by atoms with E-state index in [1.807, 2.05) is 11.8 Å². The Hall–Kier alpha value is -0.750. The first-order valence-corrected chi connectivity index (χ1v) is 7.70. The second-order valence-corrected chi connectivity index (χ2v) is 5.90. The fraction of sp³-hybridized carbons (Fsp3) is 0.833. The lowest BCUT2D eigenvalue weighted by Crippen LogP contribution is -2.52. The Morgan fingerprint density at radius 3 is 2.61 bits per heavy atom. The average molecular weight is 271 g/mol. The van der Waals surface area contributed by atoms with E-state index in [0.29, 0.717) is 12.3 Å². The fourth-order valence-electron chi connectivity index (χ4n) is 2.43. The van der Waals surface area contributed by atoms with Crippen molar-refractivity contribution in [2.24, 2.45) is 5.73 Å². The molecule has 6 heteroatoms. The van der Waals surface area contributed by atoms with E-state index in [4.69, 9.17) is 5.73 Å². The molecule has 0 aliphatic carbocycles. The van der Waals surface area contributed by atoms with Gasteiger partial charge in [-0.05, 0) is 12.8 Å². The van der Waals surface area contributed by atoms with Gasteiger partial charge in [0.25, 0.3) is 0 Å². The molecule has 18 heavy (non-hydrogen) atoms. The number of hydrogen-bond donors (Lipinski definition) is 1. The van der Waals surface area contributed by atoms with Crippen molar-refractivity contribution in [2.75, 3.05) is 24.7 Å². The molecule has 2 aliphatic heterocycles. The number of rotatable bonds is 2. The van der Waals surface area contributed by atoms with Crippen molar-refractivity contribution in [1.82, 2.24) is 9.80 Å². The third-order valence-corrected chi connectivity index (χ3v) is 4.65. The number of likely N-dealkylation sites (tertiary alicyclic amines) is 1. The number of piperidine rings is 1. The van der Waals surface area contributed by atoms with Crippen LogP contribution in [-0.2, 0) is 9.59 Å². The molecule has 2 aliphatic rings. The molecule has 0 aromatic carbocycles. The van der Waals surface area contributed by atoms with Gasteiger partial charge in [0.2, 0.25) is 11.8 Å². The molecule has 102 valence electrons. The molecule has 2 heterocycles. The number of thioether (sulfide) groups is 1. The van der Waals surface area contributed by atoms with Gasteiger partial charge in [-0.25, -0.2) is 0 Å². The minimum Gasteiger partial charge on any atom is -0.341 e. The molecule has 1 unspecified atom stereocenters. The van der Waals surface area contributed by atoms with E-state index in [1.54, 1.807) is 16.7 Å². The van der Waals surface area contributed by atoms with E-state index in [0.717, 1.165) is 31.7 Å². The van der Waals surface area contributed by atoms with Crippen LogP contribution in [0.1, 0.15) is 26.2 Å². The zero-order valence-corrected chi connectivity index (χ0v) is 11.6. The first kappa shape index (κ1) is 13.7.